The summed E-state index contributed by atoms with van der Waals surface area (Å²) >= 11 is 4.14. The molecule has 3 aliphatic rings. The third-order valence-corrected chi connectivity index (χ3v) is 33.1. The summed E-state index contributed by atoms with van der Waals surface area (Å²) in [4.78, 5) is 85.3. The normalized spacial score (nSPS) is 15.4. The number of thiophene rings is 4. The lowest BCUT2D eigenvalue weighted by atomic mass is 9.72. The first-order chi connectivity index (χ1) is 67.4. The average Bonchev–Trinajstić information content (AvgIpc) is 0.688. The third-order valence-electron chi connectivity index (χ3n) is 28.3. The van der Waals surface area contributed by atoms with Gasteiger partial charge in [0.25, 0.3) is 23.6 Å². The lowest BCUT2D eigenvalue weighted by Crippen LogP contribution is -2.49. The van der Waals surface area contributed by atoms with E-state index in [-0.39, 0.29) is 137 Å². The van der Waals surface area contributed by atoms with Crippen molar-refractivity contribution in [1.29, 1.82) is 0 Å². The Bertz CT molecular complexity index is 7590. The molecular weight excluding hydrogens is 1900 g/mol. The quantitative estimate of drug-likeness (QED) is 0.0129. The molecule has 16 aromatic rings. The van der Waals surface area contributed by atoms with E-state index in [9.17, 15) is 0 Å². The lowest BCUT2D eigenvalue weighted by Gasteiger charge is -2.35. The molecule has 2 aliphatic heterocycles. The smallest absolute Gasteiger partial charge is 0.380 e. The van der Waals surface area contributed by atoms with Gasteiger partial charge in [-0.25, -0.2) is 9.69 Å². The highest BCUT2D eigenvalue weighted by molar-refractivity contribution is 7.27. The number of ether oxygens (including phenoxy) is 5. The van der Waals surface area contributed by atoms with Crippen LogP contribution in [0.4, 0.5) is 32.0 Å². The largest absolute Gasteiger partial charge is 0.457 e. The van der Waals surface area contributed by atoms with Gasteiger partial charge in [-0.3, -0.25) is 24.1 Å². The monoisotopic (exact) mass is 2010 g/mol. The molecule has 0 spiro atoms. The summed E-state index contributed by atoms with van der Waals surface area (Å²) in [7, 11) is 0. The topological polar surface area (TPSA) is 138 Å². The van der Waals surface area contributed by atoms with Crippen LogP contribution in [0.2, 0.25) is 0 Å². The molecule has 0 fully saturated rings. The number of aryl methyl sites for hydroxylation is 1. The zero-order valence-electron chi connectivity index (χ0n) is 85.5. The predicted molar refractivity (Wildman–Crippen MR) is 576 cm³/mol. The summed E-state index contributed by atoms with van der Waals surface area (Å²) in [6.07, 6.45) is 4.19. The number of fused-ring (bicyclic) bond motifs is 4. The van der Waals surface area contributed by atoms with E-state index < -0.39 is 80.6 Å². The molecule has 0 atom stereocenters. The summed E-state index contributed by atoms with van der Waals surface area (Å²) in [6.45, 7) is 49.4. The number of esters is 1. The highest BCUT2D eigenvalue weighted by Crippen LogP contribution is 2.68. The maximum atomic E-state index is 17.5. The van der Waals surface area contributed by atoms with E-state index in [1.807, 2.05) is 153 Å². The molecular formula is C122H118F6N2O10S4. The SMILES string of the molecule is CCC(CC)N1C(=O)c2cc(Oc3ccc(C(C)(C)CC(C)(C)C)cc3)c3c4c(Oc5ccc(C(C)(C)CC(C)(C)C)cc5)cc5c6c(cc(Oc7ccc(C(C)(C)CC(C)(C)C)cc7)c(c7c(Oc8ccc(C(C)(C)CC(C)(C)C)cc8)cc(c2c37)C1=O)c64)C(=O)N(c1ccc(OC(=O)c2sc(-c3cc4ccccc4s3)cc2C2=C(c3cc(-c4cc6ccccc6s4)sc3C)C(F)(F)C(F)(F)C2(F)F)cc1)C5=O. The Balaban J connectivity index is 0.839. The zero-order chi connectivity index (χ0) is 103. The van der Waals surface area contributed by atoms with Gasteiger partial charge in [0, 0.05) is 99.6 Å². The molecule has 0 unspecified atom stereocenters. The Morgan fingerprint density at radius 2 is 0.632 bits per heavy atom. The van der Waals surface area contributed by atoms with Crippen LogP contribution < -0.4 is 28.6 Å². The summed E-state index contributed by atoms with van der Waals surface area (Å²) in [5.41, 5.74) is -2.04. The molecule has 12 aromatic carbocycles. The molecule has 0 saturated heterocycles. The number of allylic oxidation sites excluding steroid dienone is 2. The van der Waals surface area contributed by atoms with Crippen LogP contribution in [0.1, 0.15) is 280 Å². The minimum atomic E-state index is -6.01. The molecule has 4 amide bonds. The second-order valence-corrected chi connectivity index (χ2v) is 51.1. The minimum absolute atomic E-state index is 0.0438. The van der Waals surface area contributed by atoms with Crippen molar-refractivity contribution in [3.05, 3.63) is 284 Å². The molecule has 0 saturated carbocycles. The summed E-state index contributed by atoms with van der Waals surface area (Å²) in [5.74, 6) is -19.8. The molecule has 0 radical (unpaired) electrons. The number of alkyl halides is 6. The van der Waals surface area contributed by atoms with Crippen LogP contribution in [-0.4, -0.2) is 58.3 Å². The lowest BCUT2D eigenvalue weighted by molar-refractivity contribution is -0.254. The molecule has 742 valence electrons. The van der Waals surface area contributed by atoms with Crippen molar-refractivity contribution in [3.8, 4) is 71.3 Å². The van der Waals surface area contributed by atoms with Gasteiger partial charge in [-0.05, 0) is 261 Å². The molecule has 144 heavy (non-hydrogen) atoms. The van der Waals surface area contributed by atoms with Gasteiger partial charge in [-0.1, -0.05) is 237 Å². The van der Waals surface area contributed by atoms with Gasteiger partial charge in [0.05, 0.1) is 27.9 Å². The van der Waals surface area contributed by atoms with Crippen LogP contribution in [-0.2, 0) is 21.7 Å². The standard InChI is InChI=1S/C122H118F6N2O10S4/c1-24-73(25-2)129-107(131)81-56-86(136-75-44-34-69(35-45-75)116(16,17)62-112(4,5)6)98-100-88(138-77-48-38-71(39-49-77)118(20,21)64-114(10,11)12)58-83-97-84(59-89(139-78-50-40-72(41-51-78)119(22,23)65-115(13,14)15)101(103(97)100)99-87(57-82(108(129)132)96(81)102(98)99)137-76-46-36-70(37-47-76)117(18,19)63-113(7,8)9)110(134)130(109(83)133)74-42-52-79(53-43-74)140-111(135)106-85(61-95(144-106)93-55-68-31-27-29-33-91(68)143-93)105-104(120(123,124)122(127,128)121(105,125)126)80-60-94(141-66(80)3)92-54-67-30-26-28-32-90(67)142-92/h26-61,73H,24-25,62-65H2,1-23H3. The Morgan fingerprint density at radius 1 is 0.333 bits per heavy atom. The number of carbonyl (C=O) groups is 5. The van der Waals surface area contributed by atoms with E-state index in [4.69, 9.17) is 23.7 Å². The van der Waals surface area contributed by atoms with Gasteiger partial charge in [-0.15, -0.1) is 45.3 Å². The molecule has 0 N–H and O–H groups in total. The number of hydrogen-bond donors (Lipinski definition) is 0. The molecule has 6 heterocycles. The summed E-state index contributed by atoms with van der Waals surface area (Å²) in [5, 5.41) is 3.77. The van der Waals surface area contributed by atoms with Gasteiger partial charge in [0.15, 0.2) is 0 Å². The molecule has 12 nitrogen and oxygen atoms in total. The van der Waals surface area contributed by atoms with Crippen LogP contribution in [0.25, 0.3) is 93.9 Å². The number of carbonyl (C=O) groups excluding carboxylic acids is 5. The number of imide groups is 2. The summed E-state index contributed by atoms with van der Waals surface area (Å²) in [6, 6.07) is 63.1. The summed E-state index contributed by atoms with van der Waals surface area (Å²) < 4.78 is 141. The van der Waals surface area contributed by atoms with Crippen molar-refractivity contribution in [2.24, 2.45) is 21.7 Å². The second kappa shape index (κ2) is 35.5. The number of halogens is 6. The third kappa shape index (κ3) is 17.9. The minimum Gasteiger partial charge on any atom is -0.457 e. The fraction of sp³-hybridized carbons (Fsp3) is 0.336. The zero-order valence-corrected chi connectivity index (χ0v) is 88.7. The first kappa shape index (κ1) is 100. The number of nitrogens with zero attached hydrogens (tertiary/aromatic N) is 2. The molecule has 0 bridgehead atoms. The number of benzene rings is 12. The molecule has 19 rings (SSSR count). The first-order valence-corrected chi connectivity index (χ1v) is 52.4. The van der Waals surface area contributed by atoms with Crippen LogP contribution >= 0.6 is 45.3 Å². The van der Waals surface area contributed by atoms with Gasteiger partial charge < -0.3 is 23.7 Å². The fourth-order valence-corrected chi connectivity index (χ4v) is 27.7. The Labute approximate surface area is 852 Å². The number of rotatable bonds is 26. The average molecular weight is 2010 g/mol. The van der Waals surface area contributed by atoms with Crippen molar-refractivity contribution >= 4 is 155 Å². The number of amides is 4. The van der Waals surface area contributed by atoms with Crippen LogP contribution in [0.5, 0.6) is 51.7 Å². The van der Waals surface area contributed by atoms with Gasteiger partial charge in [-0.2, -0.15) is 26.3 Å². The van der Waals surface area contributed by atoms with Crippen molar-refractivity contribution < 1.29 is 74.0 Å². The van der Waals surface area contributed by atoms with Crippen molar-refractivity contribution in [1.82, 2.24) is 4.90 Å². The highest BCUT2D eigenvalue weighted by Gasteiger charge is 2.81. The van der Waals surface area contributed by atoms with Crippen LogP contribution in [0.3, 0.4) is 0 Å². The fourth-order valence-electron chi connectivity index (χ4n) is 23.3. The second-order valence-electron chi connectivity index (χ2n) is 46.7. The van der Waals surface area contributed by atoms with Gasteiger partial charge in [0.2, 0.25) is 0 Å². The van der Waals surface area contributed by atoms with Crippen molar-refractivity contribution in [3.63, 3.8) is 0 Å². The van der Waals surface area contributed by atoms with E-state index >= 15 is 50.3 Å². The van der Waals surface area contributed by atoms with E-state index in [2.05, 4.69) is 138 Å². The van der Waals surface area contributed by atoms with Gasteiger partial charge in [0.1, 0.15) is 56.6 Å². The van der Waals surface area contributed by atoms with Crippen molar-refractivity contribution in [2.45, 2.75) is 243 Å². The predicted octanol–water partition coefficient (Wildman–Crippen LogP) is 36.6. The first-order valence-electron chi connectivity index (χ1n) is 49.1. The van der Waals surface area contributed by atoms with E-state index in [1.165, 1.54) is 64.8 Å². The van der Waals surface area contributed by atoms with E-state index in [1.54, 1.807) is 42.5 Å². The maximum absolute atomic E-state index is 17.5. The Morgan fingerprint density at radius 3 is 0.958 bits per heavy atom. The maximum Gasteiger partial charge on any atom is 0.380 e. The molecule has 4 aromatic heterocycles. The van der Waals surface area contributed by atoms with Crippen molar-refractivity contribution in [2.75, 3.05) is 4.90 Å². The molecule has 22 heteroatoms. The van der Waals surface area contributed by atoms with Crippen LogP contribution in [0, 0.1) is 28.6 Å². The number of anilines is 1. The Hall–Kier alpha value is -12.5. The highest BCUT2D eigenvalue weighted by atomic mass is 32.1. The Kier molecular flexibility index (Phi) is 24.7. The number of hydrogen-bond acceptors (Lipinski definition) is 14. The van der Waals surface area contributed by atoms with E-state index in [0.29, 0.717) is 78.0 Å². The van der Waals surface area contributed by atoms with Crippen LogP contribution in [0.15, 0.2) is 218 Å². The molecule has 1 aliphatic carbocycles. The van der Waals surface area contributed by atoms with Gasteiger partial charge >= 0.3 is 23.7 Å². The van der Waals surface area contributed by atoms with E-state index in [0.717, 1.165) is 90.4 Å².